The summed E-state index contributed by atoms with van der Waals surface area (Å²) in [7, 11) is -0.634. The standard InChI is InChI=1S/C25H37ClN5OPS/c1-16(2)14-28-24(30-18(4)32)29-17(3)23-22(13-20(26)15-27-23)31-33(8)34-21-11-9-19(10-12-21)25(5,6)7/h9-13,15-17,31H,14H2,1-8H3,(H2,28,29,30,32). The molecule has 1 heterocycles. The fourth-order valence-electron chi connectivity index (χ4n) is 3.09. The van der Waals surface area contributed by atoms with Crippen molar-refractivity contribution >= 4 is 47.8 Å². The first-order chi connectivity index (χ1) is 15.8. The van der Waals surface area contributed by atoms with Crippen LogP contribution in [0.1, 0.15) is 65.8 Å². The molecule has 2 atom stereocenters. The van der Waals surface area contributed by atoms with Crippen LogP contribution >= 0.6 is 30.3 Å². The monoisotopic (exact) mass is 521 g/mol. The van der Waals surface area contributed by atoms with Crippen LogP contribution in [0.2, 0.25) is 5.02 Å². The van der Waals surface area contributed by atoms with Gasteiger partial charge >= 0.3 is 0 Å². The van der Waals surface area contributed by atoms with Gasteiger partial charge in [0.25, 0.3) is 0 Å². The van der Waals surface area contributed by atoms with Crippen molar-refractivity contribution in [2.45, 2.75) is 64.8 Å². The molecule has 0 fully saturated rings. The molecule has 9 heteroatoms. The number of carbonyl (C=O) groups is 1. The van der Waals surface area contributed by atoms with Gasteiger partial charge in [-0.3, -0.25) is 20.1 Å². The lowest BCUT2D eigenvalue weighted by atomic mass is 9.87. The van der Waals surface area contributed by atoms with Crippen LogP contribution in [0.25, 0.3) is 0 Å². The molecule has 0 radical (unpaired) electrons. The number of carbonyl (C=O) groups excluding carboxylic acids is 1. The highest BCUT2D eigenvalue weighted by molar-refractivity contribution is 8.56. The molecule has 2 aromatic rings. The van der Waals surface area contributed by atoms with Crippen LogP contribution < -0.4 is 15.7 Å². The average molecular weight is 522 g/mol. The maximum Gasteiger partial charge on any atom is 0.223 e. The van der Waals surface area contributed by atoms with Gasteiger partial charge in [-0.1, -0.05) is 69.7 Å². The quantitative estimate of drug-likeness (QED) is 0.198. The fraction of sp³-hybridized carbons (Fsp3) is 0.480. The Morgan fingerprint density at radius 1 is 1.21 bits per heavy atom. The lowest BCUT2D eigenvalue weighted by Gasteiger charge is -2.23. The Hall–Kier alpha value is -1.82. The van der Waals surface area contributed by atoms with E-state index in [1.807, 2.05) is 13.0 Å². The molecule has 2 unspecified atom stereocenters. The molecule has 1 aromatic carbocycles. The number of hydrogen-bond acceptors (Lipinski definition) is 5. The van der Waals surface area contributed by atoms with Crippen molar-refractivity contribution in [3.63, 3.8) is 0 Å². The van der Waals surface area contributed by atoms with Crippen LogP contribution in [0, 0.1) is 5.92 Å². The third kappa shape index (κ3) is 9.44. The highest BCUT2D eigenvalue weighted by atomic mass is 35.5. The number of nitrogens with zero attached hydrogens (tertiary/aromatic N) is 2. The van der Waals surface area contributed by atoms with Gasteiger partial charge in [-0.25, -0.2) is 0 Å². The number of benzene rings is 1. The summed E-state index contributed by atoms with van der Waals surface area (Å²) in [6, 6.07) is 10.5. The number of pyridine rings is 1. The Bertz CT molecular complexity index is 992. The first-order valence-electron chi connectivity index (χ1n) is 11.4. The van der Waals surface area contributed by atoms with E-state index in [1.54, 1.807) is 17.6 Å². The number of rotatable bonds is 8. The van der Waals surface area contributed by atoms with Crippen LogP contribution in [0.3, 0.4) is 0 Å². The second-order valence-electron chi connectivity index (χ2n) is 9.69. The summed E-state index contributed by atoms with van der Waals surface area (Å²) in [5.74, 6) is 0.656. The molecular formula is C25H37ClN5OPS. The predicted molar refractivity (Wildman–Crippen MR) is 149 cm³/mol. The molecule has 2 rings (SSSR count). The van der Waals surface area contributed by atoms with E-state index in [1.165, 1.54) is 17.4 Å². The van der Waals surface area contributed by atoms with E-state index in [4.69, 9.17) is 11.6 Å². The first-order valence-corrected chi connectivity index (χ1v) is 15.0. The highest BCUT2D eigenvalue weighted by Crippen LogP contribution is 2.51. The van der Waals surface area contributed by atoms with Crippen LogP contribution in [0.4, 0.5) is 5.69 Å². The van der Waals surface area contributed by atoms with Gasteiger partial charge in [0, 0.05) is 24.6 Å². The second kappa shape index (κ2) is 12.8. The van der Waals surface area contributed by atoms with Gasteiger partial charge in [0.1, 0.15) is 0 Å². The van der Waals surface area contributed by atoms with E-state index in [0.29, 0.717) is 23.4 Å². The van der Waals surface area contributed by atoms with Gasteiger partial charge in [0.15, 0.2) is 5.96 Å². The Morgan fingerprint density at radius 3 is 2.41 bits per heavy atom. The third-order valence-electron chi connectivity index (χ3n) is 4.80. The maximum atomic E-state index is 11.6. The molecule has 34 heavy (non-hydrogen) atoms. The summed E-state index contributed by atoms with van der Waals surface area (Å²) in [5, 5.41) is 10.2. The summed E-state index contributed by atoms with van der Waals surface area (Å²) >= 11 is 8.08. The Balaban J connectivity index is 2.16. The van der Waals surface area contributed by atoms with Crippen LogP contribution in [0.5, 0.6) is 0 Å². The molecule has 1 amide bonds. The van der Waals surface area contributed by atoms with E-state index in [9.17, 15) is 4.79 Å². The summed E-state index contributed by atoms with van der Waals surface area (Å²) < 4.78 is 0. The maximum absolute atomic E-state index is 11.6. The van der Waals surface area contributed by atoms with Crippen molar-refractivity contribution in [3.8, 4) is 0 Å². The van der Waals surface area contributed by atoms with Gasteiger partial charge in [-0.2, -0.15) is 0 Å². The SMILES string of the molecule is CC(=O)NC(=NCC(C)C)NC(C)c1ncc(Cl)cc1NP(C)Sc1ccc(C(C)(C)C)cc1. The normalized spacial score (nSPS) is 14.0. The van der Waals surface area contributed by atoms with Gasteiger partial charge in [0.05, 0.1) is 29.7 Å². The molecule has 0 saturated carbocycles. The summed E-state index contributed by atoms with van der Waals surface area (Å²) in [5.41, 5.74) is 3.13. The largest absolute Gasteiger partial charge is 0.354 e. The predicted octanol–water partition coefficient (Wildman–Crippen LogP) is 6.98. The number of guanidine groups is 1. The Morgan fingerprint density at radius 2 is 1.85 bits per heavy atom. The number of hydrogen-bond donors (Lipinski definition) is 3. The molecule has 0 saturated heterocycles. The lowest BCUT2D eigenvalue weighted by Crippen LogP contribution is -2.41. The van der Waals surface area contributed by atoms with Gasteiger partial charge in [-0.15, -0.1) is 0 Å². The van der Waals surface area contributed by atoms with Gasteiger partial charge in [-0.05, 0) is 48.7 Å². The number of halogens is 1. The molecule has 3 N–H and O–H groups in total. The van der Waals surface area contributed by atoms with Crippen LogP contribution in [0.15, 0.2) is 46.4 Å². The van der Waals surface area contributed by atoms with Crippen molar-refractivity contribution in [2.75, 3.05) is 18.3 Å². The second-order valence-corrected chi connectivity index (χ2v) is 14.2. The van der Waals surface area contributed by atoms with Crippen molar-refractivity contribution in [1.29, 1.82) is 0 Å². The zero-order valence-corrected chi connectivity index (χ0v) is 23.8. The zero-order chi connectivity index (χ0) is 25.5. The number of aliphatic imine (C=N–C) groups is 1. The van der Waals surface area contributed by atoms with Crippen LogP contribution in [-0.2, 0) is 10.2 Å². The first kappa shape index (κ1) is 28.4. The number of aromatic nitrogens is 1. The molecule has 0 aliphatic heterocycles. The molecule has 6 nitrogen and oxygen atoms in total. The molecular weight excluding hydrogens is 485 g/mol. The van der Waals surface area contributed by atoms with E-state index in [2.05, 4.69) is 91.2 Å². The summed E-state index contributed by atoms with van der Waals surface area (Å²) in [6.45, 7) is 17.1. The number of nitrogens with one attached hydrogen (secondary N) is 3. The molecule has 0 bridgehead atoms. The molecule has 0 spiro atoms. The number of amides is 1. The minimum absolute atomic E-state index is 0.136. The molecule has 186 valence electrons. The number of anilines is 1. The van der Waals surface area contributed by atoms with Crippen molar-refractivity contribution in [3.05, 3.63) is 52.8 Å². The fourth-order valence-corrected chi connectivity index (χ4v) is 6.13. The zero-order valence-electron chi connectivity index (χ0n) is 21.4. The Labute approximate surface area is 214 Å². The molecule has 1 aromatic heterocycles. The molecule has 0 aliphatic carbocycles. The summed E-state index contributed by atoms with van der Waals surface area (Å²) in [4.78, 5) is 22.0. The van der Waals surface area contributed by atoms with Crippen molar-refractivity contribution in [1.82, 2.24) is 15.6 Å². The average Bonchev–Trinajstić information content (AvgIpc) is 2.71. The van der Waals surface area contributed by atoms with E-state index < -0.39 is 7.27 Å². The van der Waals surface area contributed by atoms with E-state index >= 15 is 0 Å². The van der Waals surface area contributed by atoms with Crippen LogP contribution in [-0.4, -0.2) is 30.1 Å². The van der Waals surface area contributed by atoms with Crippen molar-refractivity contribution < 1.29 is 4.79 Å². The van der Waals surface area contributed by atoms with Gasteiger partial charge in [0.2, 0.25) is 5.91 Å². The topological polar surface area (TPSA) is 78.4 Å². The van der Waals surface area contributed by atoms with Gasteiger partial charge < -0.3 is 10.4 Å². The minimum atomic E-state index is -0.634. The third-order valence-corrected chi connectivity index (χ3v) is 8.05. The van der Waals surface area contributed by atoms with Crippen molar-refractivity contribution in [2.24, 2.45) is 10.9 Å². The highest BCUT2D eigenvalue weighted by Gasteiger charge is 2.18. The lowest BCUT2D eigenvalue weighted by molar-refractivity contribution is -0.117. The Kier molecular flexibility index (Phi) is 10.7. The molecule has 0 aliphatic rings. The van der Waals surface area contributed by atoms with E-state index in [-0.39, 0.29) is 17.4 Å². The summed E-state index contributed by atoms with van der Waals surface area (Å²) in [6.07, 6.45) is 1.64. The van der Waals surface area contributed by atoms with E-state index in [0.717, 1.165) is 11.4 Å². The minimum Gasteiger partial charge on any atom is -0.354 e. The smallest absolute Gasteiger partial charge is 0.223 e.